The first-order valence-corrected chi connectivity index (χ1v) is 8.39. The summed E-state index contributed by atoms with van der Waals surface area (Å²) in [5.74, 6) is 0.140. The minimum absolute atomic E-state index is 0.140. The van der Waals surface area contributed by atoms with E-state index in [0.717, 1.165) is 28.7 Å². The zero-order chi connectivity index (χ0) is 15.0. The zero-order valence-electron chi connectivity index (χ0n) is 11.6. The van der Waals surface area contributed by atoms with Crippen molar-refractivity contribution >= 4 is 38.8 Å². The van der Waals surface area contributed by atoms with Gasteiger partial charge < -0.3 is 15.8 Å². The van der Waals surface area contributed by atoms with Crippen LogP contribution in [0.3, 0.4) is 0 Å². The van der Waals surface area contributed by atoms with Crippen molar-refractivity contribution in [1.82, 2.24) is 0 Å². The Hall–Kier alpha value is -1.53. The number of thiophene rings is 1. The molecule has 4 nitrogen and oxygen atoms in total. The second-order valence-corrected chi connectivity index (χ2v) is 6.98. The van der Waals surface area contributed by atoms with Gasteiger partial charge in [0.25, 0.3) is 0 Å². The van der Waals surface area contributed by atoms with Gasteiger partial charge in [-0.3, -0.25) is 0 Å². The van der Waals surface area contributed by atoms with E-state index in [9.17, 15) is 0 Å². The molecule has 0 spiro atoms. The normalized spacial score (nSPS) is 18.7. The summed E-state index contributed by atoms with van der Waals surface area (Å²) in [6.45, 7) is 3.12. The highest BCUT2D eigenvalue weighted by atomic mass is 79.9. The SMILES string of the molecule is CC1c2ccsc2CCN1c1cc(Br)ccc1/C(N)=N/O. The molecule has 2 aromatic rings. The number of anilines is 1. The Labute approximate surface area is 136 Å². The predicted octanol–water partition coefficient (Wildman–Crippen LogP) is 3.73. The van der Waals surface area contributed by atoms with Gasteiger partial charge in [-0.2, -0.15) is 0 Å². The standard InChI is InChI=1S/C15H16BrN3OS/c1-9-11-5-7-21-14(11)4-6-19(9)13-8-10(16)2-3-12(13)15(17)18-20/h2-3,5,7-9,20H,4,6H2,1H3,(H2,17,18). The molecular weight excluding hydrogens is 350 g/mol. The minimum atomic E-state index is 0.140. The van der Waals surface area contributed by atoms with Gasteiger partial charge in [-0.1, -0.05) is 21.1 Å². The van der Waals surface area contributed by atoms with Gasteiger partial charge in [0.15, 0.2) is 5.84 Å². The topological polar surface area (TPSA) is 61.8 Å². The van der Waals surface area contributed by atoms with Gasteiger partial charge in [0, 0.05) is 27.1 Å². The van der Waals surface area contributed by atoms with E-state index in [4.69, 9.17) is 10.9 Å². The van der Waals surface area contributed by atoms with Crippen molar-refractivity contribution in [3.63, 3.8) is 0 Å². The largest absolute Gasteiger partial charge is 0.409 e. The van der Waals surface area contributed by atoms with Crippen LogP contribution in [-0.4, -0.2) is 17.6 Å². The summed E-state index contributed by atoms with van der Waals surface area (Å²) in [6, 6.07) is 8.28. The molecule has 110 valence electrons. The first-order chi connectivity index (χ1) is 10.1. The number of nitrogens with two attached hydrogens (primary N) is 1. The minimum Gasteiger partial charge on any atom is -0.409 e. The highest BCUT2D eigenvalue weighted by Gasteiger charge is 2.27. The van der Waals surface area contributed by atoms with E-state index in [1.807, 2.05) is 29.5 Å². The first kappa shape index (κ1) is 14.4. The van der Waals surface area contributed by atoms with Crippen molar-refractivity contribution in [3.05, 3.63) is 50.1 Å². The lowest BCUT2D eigenvalue weighted by atomic mass is 9.99. The summed E-state index contributed by atoms with van der Waals surface area (Å²) < 4.78 is 0.982. The average molecular weight is 366 g/mol. The molecule has 0 saturated heterocycles. The number of hydrogen-bond acceptors (Lipinski definition) is 4. The Morgan fingerprint density at radius 2 is 2.29 bits per heavy atom. The molecule has 1 atom stereocenters. The van der Waals surface area contributed by atoms with Crippen LogP contribution in [0.15, 0.2) is 39.3 Å². The average Bonchev–Trinajstić information content (AvgIpc) is 2.96. The molecule has 1 aromatic carbocycles. The van der Waals surface area contributed by atoms with Gasteiger partial charge in [-0.15, -0.1) is 11.3 Å². The molecular formula is C15H16BrN3OS. The molecule has 0 saturated carbocycles. The fraction of sp³-hybridized carbons (Fsp3) is 0.267. The molecule has 1 aliphatic heterocycles. The van der Waals surface area contributed by atoms with Crippen molar-refractivity contribution in [3.8, 4) is 0 Å². The van der Waals surface area contributed by atoms with Gasteiger partial charge >= 0.3 is 0 Å². The van der Waals surface area contributed by atoms with Crippen LogP contribution in [-0.2, 0) is 6.42 Å². The third-order valence-electron chi connectivity index (χ3n) is 3.93. The maximum Gasteiger partial charge on any atom is 0.172 e. The van der Waals surface area contributed by atoms with Crippen molar-refractivity contribution in [1.29, 1.82) is 0 Å². The molecule has 1 unspecified atom stereocenters. The summed E-state index contributed by atoms with van der Waals surface area (Å²) in [6.07, 6.45) is 1.03. The van der Waals surface area contributed by atoms with Crippen molar-refractivity contribution in [2.45, 2.75) is 19.4 Å². The number of amidine groups is 1. The number of oxime groups is 1. The van der Waals surface area contributed by atoms with Crippen LogP contribution in [0.4, 0.5) is 5.69 Å². The summed E-state index contributed by atoms with van der Waals surface area (Å²) in [7, 11) is 0. The molecule has 0 amide bonds. The molecule has 21 heavy (non-hydrogen) atoms. The molecule has 0 bridgehead atoms. The predicted molar refractivity (Wildman–Crippen MR) is 90.4 cm³/mol. The zero-order valence-corrected chi connectivity index (χ0v) is 14.0. The van der Waals surface area contributed by atoms with Crippen LogP contribution in [0.25, 0.3) is 0 Å². The lowest BCUT2D eigenvalue weighted by Crippen LogP contribution is -2.34. The Kier molecular flexibility index (Phi) is 3.91. The Morgan fingerprint density at radius 3 is 3.05 bits per heavy atom. The smallest absolute Gasteiger partial charge is 0.172 e. The monoisotopic (exact) mass is 365 g/mol. The van der Waals surface area contributed by atoms with E-state index in [2.05, 4.69) is 44.4 Å². The number of hydrogen-bond donors (Lipinski definition) is 2. The van der Waals surface area contributed by atoms with Crippen molar-refractivity contribution < 1.29 is 5.21 Å². The molecule has 2 heterocycles. The first-order valence-electron chi connectivity index (χ1n) is 6.72. The van der Waals surface area contributed by atoms with Crippen LogP contribution >= 0.6 is 27.3 Å². The van der Waals surface area contributed by atoms with Crippen LogP contribution in [0.2, 0.25) is 0 Å². The molecule has 6 heteroatoms. The number of nitrogens with zero attached hydrogens (tertiary/aromatic N) is 2. The maximum atomic E-state index is 9.01. The Morgan fingerprint density at radius 1 is 1.48 bits per heavy atom. The third-order valence-corrected chi connectivity index (χ3v) is 5.42. The summed E-state index contributed by atoms with van der Waals surface area (Å²) in [5, 5.41) is 14.3. The Bertz CT molecular complexity index is 698. The second-order valence-electron chi connectivity index (χ2n) is 5.07. The highest BCUT2D eigenvalue weighted by molar-refractivity contribution is 9.10. The summed E-state index contributed by atoms with van der Waals surface area (Å²) in [5.41, 5.74) is 8.95. The number of rotatable bonds is 2. The van der Waals surface area contributed by atoms with Gasteiger partial charge in [-0.25, -0.2) is 0 Å². The van der Waals surface area contributed by atoms with Crippen LogP contribution in [0, 0.1) is 0 Å². The number of fused-ring (bicyclic) bond motifs is 1. The van der Waals surface area contributed by atoms with E-state index in [-0.39, 0.29) is 11.9 Å². The van der Waals surface area contributed by atoms with Gasteiger partial charge in [0.1, 0.15) is 0 Å². The molecule has 1 aliphatic rings. The fourth-order valence-corrected chi connectivity index (χ4v) is 4.16. The van der Waals surface area contributed by atoms with Crippen LogP contribution < -0.4 is 10.6 Å². The molecule has 0 aliphatic carbocycles. The van der Waals surface area contributed by atoms with E-state index in [0.29, 0.717) is 0 Å². The van der Waals surface area contributed by atoms with Crippen molar-refractivity contribution in [2.24, 2.45) is 10.9 Å². The summed E-state index contributed by atoms with van der Waals surface area (Å²) in [4.78, 5) is 3.77. The maximum absolute atomic E-state index is 9.01. The second kappa shape index (κ2) is 5.69. The van der Waals surface area contributed by atoms with Crippen LogP contribution in [0.5, 0.6) is 0 Å². The molecule has 3 N–H and O–H groups in total. The van der Waals surface area contributed by atoms with E-state index < -0.39 is 0 Å². The summed E-state index contributed by atoms with van der Waals surface area (Å²) >= 11 is 5.33. The van der Waals surface area contributed by atoms with E-state index in [1.165, 1.54) is 10.4 Å². The molecule has 0 fully saturated rings. The fourth-order valence-electron chi connectivity index (χ4n) is 2.85. The third kappa shape index (κ3) is 2.53. The molecule has 0 radical (unpaired) electrons. The van der Waals surface area contributed by atoms with Gasteiger partial charge in [0.2, 0.25) is 0 Å². The number of halogens is 1. The van der Waals surface area contributed by atoms with Gasteiger partial charge in [0.05, 0.1) is 6.04 Å². The molecule has 3 rings (SSSR count). The Balaban J connectivity index is 2.07. The van der Waals surface area contributed by atoms with Crippen LogP contribution in [0.1, 0.15) is 29.0 Å². The van der Waals surface area contributed by atoms with E-state index >= 15 is 0 Å². The molecule has 1 aromatic heterocycles. The lowest BCUT2D eigenvalue weighted by Gasteiger charge is -2.36. The highest BCUT2D eigenvalue weighted by Crippen LogP contribution is 2.38. The lowest BCUT2D eigenvalue weighted by molar-refractivity contribution is 0.318. The van der Waals surface area contributed by atoms with E-state index in [1.54, 1.807) is 0 Å². The quantitative estimate of drug-likeness (QED) is 0.369. The number of benzene rings is 1. The van der Waals surface area contributed by atoms with Crippen molar-refractivity contribution in [2.75, 3.05) is 11.4 Å². The van der Waals surface area contributed by atoms with Gasteiger partial charge in [-0.05, 0) is 48.6 Å².